The van der Waals surface area contributed by atoms with E-state index in [0.717, 1.165) is 10.0 Å². The SMILES string of the molecule is O=C1CCC(O)(c2ccc(Br)cc2)CC1. The number of carbonyl (C=O) groups is 1. The van der Waals surface area contributed by atoms with Gasteiger partial charge in [0, 0.05) is 17.3 Å². The summed E-state index contributed by atoms with van der Waals surface area (Å²) in [6.07, 6.45) is 2.08. The van der Waals surface area contributed by atoms with Gasteiger partial charge in [0.25, 0.3) is 0 Å². The average Bonchev–Trinajstić information content (AvgIpc) is 2.24. The van der Waals surface area contributed by atoms with Crippen LogP contribution in [0, 0.1) is 0 Å². The van der Waals surface area contributed by atoms with E-state index in [1.165, 1.54) is 0 Å². The second-order valence-electron chi connectivity index (χ2n) is 4.08. The minimum atomic E-state index is -0.797. The smallest absolute Gasteiger partial charge is 0.133 e. The number of hydrogen-bond donors (Lipinski definition) is 1. The number of rotatable bonds is 1. The van der Waals surface area contributed by atoms with Crippen LogP contribution in [0.3, 0.4) is 0 Å². The largest absolute Gasteiger partial charge is 0.385 e. The first kappa shape index (κ1) is 10.8. The van der Waals surface area contributed by atoms with Crippen LogP contribution in [0.2, 0.25) is 0 Å². The van der Waals surface area contributed by atoms with E-state index in [1.807, 2.05) is 24.3 Å². The Morgan fingerprint density at radius 1 is 1.13 bits per heavy atom. The predicted molar refractivity (Wildman–Crippen MR) is 61.5 cm³/mol. The van der Waals surface area contributed by atoms with Crippen LogP contribution < -0.4 is 0 Å². The molecule has 1 N–H and O–H groups in total. The molecule has 1 aliphatic rings. The lowest BCUT2D eigenvalue weighted by Crippen LogP contribution is -2.31. The van der Waals surface area contributed by atoms with E-state index in [1.54, 1.807) is 0 Å². The molecule has 3 heteroatoms. The molecule has 0 aliphatic heterocycles. The fraction of sp³-hybridized carbons (Fsp3) is 0.417. The summed E-state index contributed by atoms with van der Waals surface area (Å²) >= 11 is 3.36. The van der Waals surface area contributed by atoms with Crippen molar-refractivity contribution in [3.63, 3.8) is 0 Å². The number of ketones is 1. The second kappa shape index (κ2) is 4.06. The van der Waals surface area contributed by atoms with Crippen molar-refractivity contribution in [3.05, 3.63) is 34.3 Å². The van der Waals surface area contributed by atoms with Gasteiger partial charge in [0.1, 0.15) is 5.78 Å². The number of benzene rings is 1. The maximum atomic E-state index is 11.1. The summed E-state index contributed by atoms with van der Waals surface area (Å²) in [4.78, 5) is 11.1. The Hall–Kier alpha value is -0.670. The molecule has 1 aromatic carbocycles. The third-order valence-corrected chi connectivity index (χ3v) is 3.55. The maximum Gasteiger partial charge on any atom is 0.133 e. The first-order chi connectivity index (χ1) is 7.10. The normalized spacial score (nSPS) is 20.3. The van der Waals surface area contributed by atoms with Crippen molar-refractivity contribution in [2.75, 3.05) is 0 Å². The molecule has 15 heavy (non-hydrogen) atoms. The molecule has 0 saturated heterocycles. The van der Waals surface area contributed by atoms with Gasteiger partial charge in [0.05, 0.1) is 5.60 Å². The van der Waals surface area contributed by atoms with Gasteiger partial charge in [0.15, 0.2) is 0 Å². The molecule has 0 atom stereocenters. The molecule has 80 valence electrons. The van der Waals surface area contributed by atoms with Gasteiger partial charge in [-0.25, -0.2) is 0 Å². The Labute approximate surface area is 97.4 Å². The summed E-state index contributed by atoms with van der Waals surface area (Å²) in [7, 11) is 0. The number of Topliss-reactive ketones (excluding diaryl/α,β-unsaturated/α-hetero) is 1. The van der Waals surface area contributed by atoms with Gasteiger partial charge in [-0.05, 0) is 30.5 Å². The summed E-state index contributed by atoms with van der Waals surface area (Å²) < 4.78 is 1.00. The molecule has 0 aromatic heterocycles. The Morgan fingerprint density at radius 2 is 1.67 bits per heavy atom. The molecule has 0 amide bonds. The van der Waals surface area contributed by atoms with Crippen LogP contribution in [0.5, 0.6) is 0 Å². The zero-order chi connectivity index (χ0) is 10.9. The number of halogens is 1. The fourth-order valence-corrected chi connectivity index (χ4v) is 2.26. The minimum absolute atomic E-state index is 0.261. The van der Waals surface area contributed by atoms with Crippen molar-refractivity contribution in [1.82, 2.24) is 0 Å². The van der Waals surface area contributed by atoms with E-state index in [-0.39, 0.29) is 5.78 Å². The lowest BCUT2D eigenvalue weighted by atomic mass is 9.79. The molecule has 2 rings (SSSR count). The minimum Gasteiger partial charge on any atom is -0.385 e. The lowest BCUT2D eigenvalue weighted by Gasteiger charge is -2.31. The molecule has 0 spiro atoms. The molecule has 1 aliphatic carbocycles. The van der Waals surface area contributed by atoms with Crippen LogP contribution in [0.1, 0.15) is 31.2 Å². The highest BCUT2D eigenvalue weighted by molar-refractivity contribution is 9.10. The molecule has 0 heterocycles. The quantitative estimate of drug-likeness (QED) is 0.851. The summed E-state index contributed by atoms with van der Waals surface area (Å²) in [6, 6.07) is 7.67. The van der Waals surface area contributed by atoms with E-state index in [0.29, 0.717) is 25.7 Å². The van der Waals surface area contributed by atoms with E-state index in [2.05, 4.69) is 15.9 Å². The summed E-state index contributed by atoms with van der Waals surface area (Å²) in [6.45, 7) is 0. The zero-order valence-corrected chi connectivity index (χ0v) is 9.96. The standard InChI is InChI=1S/C12H13BrO2/c13-10-3-1-9(2-4-10)12(15)7-5-11(14)6-8-12/h1-4,15H,5-8H2. The van der Waals surface area contributed by atoms with Gasteiger partial charge >= 0.3 is 0 Å². The van der Waals surface area contributed by atoms with Crippen LogP contribution in [0.25, 0.3) is 0 Å². The number of aliphatic hydroxyl groups is 1. The highest BCUT2D eigenvalue weighted by atomic mass is 79.9. The van der Waals surface area contributed by atoms with Crippen LogP contribution in [0.4, 0.5) is 0 Å². The van der Waals surface area contributed by atoms with E-state index >= 15 is 0 Å². The van der Waals surface area contributed by atoms with Gasteiger partial charge in [0.2, 0.25) is 0 Å². The Balaban J connectivity index is 2.22. The maximum absolute atomic E-state index is 11.1. The Morgan fingerprint density at radius 3 is 2.20 bits per heavy atom. The van der Waals surface area contributed by atoms with Gasteiger partial charge in [-0.2, -0.15) is 0 Å². The Kier molecular flexibility index (Phi) is 2.94. The Bertz CT molecular complexity index is 360. The third kappa shape index (κ3) is 2.29. The highest BCUT2D eigenvalue weighted by Crippen LogP contribution is 2.35. The summed E-state index contributed by atoms with van der Waals surface area (Å²) in [5, 5.41) is 10.4. The van der Waals surface area contributed by atoms with E-state index < -0.39 is 5.60 Å². The van der Waals surface area contributed by atoms with Crippen LogP contribution in [-0.2, 0) is 10.4 Å². The highest BCUT2D eigenvalue weighted by Gasteiger charge is 2.33. The first-order valence-corrected chi connectivity index (χ1v) is 5.90. The van der Waals surface area contributed by atoms with Crippen molar-refractivity contribution in [2.45, 2.75) is 31.3 Å². The van der Waals surface area contributed by atoms with Crippen molar-refractivity contribution in [2.24, 2.45) is 0 Å². The van der Waals surface area contributed by atoms with Crippen LogP contribution >= 0.6 is 15.9 Å². The average molecular weight is 269 g/mol. The van der Waals surface area contributed by atoms with E-state index in [9.17, 15) is 9.90 Å². The summed E-state index contributed by atoms with van der Waals surface area (Å²) in [5.41, 5.74) is 0.118. The van der Waals surface area contributed by atoms with Crippen molar-refractivity contribution in [3.8, 4) is 0 Å². The van der Waals surface area contributed by atoms with Gasteiger partial charge in [-0.15, -0.1) is 0 Å². The number of carbonyl (C=O) groups excluding carboxylic acids is 1. The predicted octanol–water partition coefficient (Wildman–Crippen LogP) is 2.78. The molecule has 0 radical (unpaired) electrons. The molecule has 0 unspecified atom stereocenters. The van der Waals surface area contributed by atoms with E-state index in [4.69, 9.17) is 0 Å². The first-order valence-electron chi connectivity index (χ1n) is 5.10. The lowest BCUT2D eigenvalue weighted by molar-refractivity contribution is -0.125. The topological polar surface area (TPSA) is 37.3 Å². The van der Waals surface area contributed by atoms with Gasteiger partial charge in [-0.1, -0.05) is 28.1 Å². The van der Waals surface area contributed by atoms with Crippen LogP contribution in [0.15, 0.2) is 28.7 Å². The molecule has 1 fully saturated rings. The van der Waals surface area contributed by atoms with Crippen molar-refractivity contribution in [1.29, 1.82) is 0 Å². The van der Waals surface area contributed by atoms with Crippen molar-refractivity contribution >= 4 is 21.7 Å². The molecule has 0 bridgehead atoms. The summed E-state index contributed by atoms with van der Waals surface area (Å²) in [5.74, 6) is 0.261. The third-order valence-electron chi connectivity index (χ3n) is 3.02. The van der Waals surface area contributed by atoms with Crippen LogP contribution in [-0.4, -0.2) is 10.9 Å². The fourth-order valence-electron chi connectivity index (χ4n) is 1.99. The zero-order valence-electron chi connectivity index (χ0n) is 8.37. The molecule has 1 saturated carbocycles. The molecule has 2 nitrogen and oxygen atoms in total. The molecular weight excluding hydrogens is 256 g/mol. The monoisotopic (exact) mass is 268 g/mol. The second-order valence-corrected chi connectivity index (χ2v) is 4.99. The van der Waals surface area contributed by atoms with Gasteiger partial charge < -0.3 is 5.11 Å². The van der Waals surface area contributed by atoms with Crippen molar-refractivity contribution < 1.29 is 9.90 Å². The molecule has 1 aromatic rings. The van der Waals surface area contributed by atoms with Gasteiger partial charge in [-0.3, -0.25) is 4.79 Å². The molecular formula is C12H13BrO2. The number of hydrogen-bond acceptors (Lipinski definition) is 2.